The van der Waals surface area contributed by atoms with Gasteiger partial charge >= 0.3 is 0 Å². The number of nitrogens with zero attached hydrogens (tertiary/aromatic N) is 3. The van der Waals surface area contributed by atoms with Gasteiger partial charge in [0.15, 0.2) is 0 Å². The molecule has 0 bridgehead atoms. The summed E-state index contributed by atoms with van der Waals surface area (Å²) in [6.45, 7) is 8.27. The second-order valence-electron chi connectivity index (χ2n) is 10.7. The molecule has 0 saturated carbocycles. The zero-order chi connectivity index (χ0) is 31.4. The molecule has 1 amide bonds. The van der Waals surface area contributed by atoms with E-state index in [-0.39, 0.29) is 23.8 Å². The van der Waals surface area contributed by atoms with Crippen LogP contribution in [0.5, 0.6) is 5.88 Å². The summed E-state index contributed by atoms with van der Waals surface area (Å²) in [4.78, 5) is 25.2. The van der Waals surface area contributed by atoms with Crippen LogP contribution in [-0.2, 0) is 22.3 Å². The van der Waals surface area contributed by atoms with Crippen LogP contribution in [0.25, 0.3) is 11.1 Å². The van der Waals surface area contributed by atoms with Crippen molar-refractivity contribution in [1.82, 2.24) is 14.9 Å². The van der Waals surface area contributed by atoms with E-state index in [4.69, 9.17) is 20.6 Å². The van der Waals surface area contributed by atoms with Crippen LogP contribution in [0.3, 0.4) is 0 Å². The minimum absolute atomic E-state index is 0.132. The van der Waals surface area contributed by atoms with Crippen LogP contribution in [-0.4, -0.2) is 63.6 Å². The highest BCUT2D eigenvalue weighted by Crippen LogP contribution is 2.34. The van der Waals surface area contributed by atoms with Gasteiger partial charge in [-0.25, -0.2) is 14.2 Å². The number of nitrogens with two attached hydrogens (primary N) is 1. The van der Waals surface area contributed by atoms with E-state index < -0.39 is 16.9 Å². The smallest absolute Gasteiger partial charge is 0.275 e. The number of carbonyl (C=O) groups is 1. The molecule has 13 heteroatoms. The number of pyridine rings is 1. The lowest BCUT2D eigenvalue weighted by Gasteiger charge is -2.34. The first-order valence-electron chi connectivity index (χ1n) is 14.0. The summed E-state index contributed by atoms with van der Waals surface area (Å²) < 4.78 is 27.4. The Kier molecular flexibility index (Phi) is 9.69. The van der Waals surface area contributed by atoms with E-state index in [1.165, 1.54) is 18.4 Å². The molecule has 11 nitrogen and oxygen atoms in total. The molecule has 1 aliphatic heterocycles. The predicted octanol–water partition coefficient (Wildman–Crippen LogP) is 5.10. The molecule has 1 fully saturated rings. The number of aryl methyl sites for hydroxylation is 1. The van der Waals surface area contributed by atoms with Crippen molar-refractivity contribution in [3.63, 3.8) is 0 Å². The molecule has 44 heavy (non-hydrogen) atoms. The van der Waals surface area contributed by atoms with Crippen LogP contribution < -0.4 is 20.5 Å². The number of anilines is 3. The van der Waals surface area contributed by atoms with Gasteiger partial charge in [0.2, 0.25) is 5.88 Å². The average Bonchev–Trinajstić information content (AvgIpc) is 3.45. The first-order chi connectivity index (χ1) is 21.1. The number of rotatable bonds is 10. The highest BCUT2D eigenvalue weighted by atomic mass is 32.2. The third-order valence-electron chi connectivity index (χ3n) is 7.05. The number of amides is 1. The predicted molar refractivity (Wildman–Crippen MR) is 175 cm³/mol. The molecule has 2 aromatic carbocycles. The summed E-state index contributed by atoms with van der Waals surface area (Å²) >= 11 is 1.42. The van der Waals surface area contributed by atoms with Crippen LogP contribution in [0.1, 0.15) is 40.5 Å². The Labute approximate surface area is 262 Å². The number of nitrogens with one attached hydrogen (secondary N) is 3. The number of hydrogen-bond donors (Lipinski definition) is 4. The summed E-state index contributed by atoms with van der Waals surface area (Å²) in [7, 11) is -0.157. The Morgan fingerprint density at radius 1 is 1.18 bits per heavy atom. The van der Waals surface area contributed by atoms with E-state index in [2.05, 4.69) is 24.9 Å². The van der Waals surface area contributed by atoms with E-state index in [0.717, 1.165) is 29.9 Å². The summed E-state index contributed by atoms with van der Waals surface area (Å²) in [5, 5.41) is 13.7. The lowest BCUT2D eigenvalue weighted by atomic mass is 10.0. The molecule has 3 heterocycles. The van der Waals surface area contributed by atoms with Crippen molar-refractivity contribution >= 4 is 51.5 Å². The summed E-state index contributed by atoms with van der Waals surface area (Å²) in [5.41, 5.74) is 10.1. The third kappa shape index (κ3) is 7.30. The summed E-state index contributed by atoms with van der Waals surface area (Å²) in [6.07, 6.45) is 2.98. The van der Waals surface area contributed by atoms with E-state index in [9.17, 15) is 9.00 Å². The van der Waals surface area contributed by atoms with Gasteiger partial charge in [0.05, 0.1) is 47.8 Å². The fourth-order valence-electron chi connectivity index (χ4n) is 5.06. The Morgan fingerprint density at radius 2 is 1.89 bits per heavy atom. The van der Waals surface area contributed by atoms with Crippen LogP contribution in [0.2, 0.25) is 0 Å². The van der Waals surface area contributed by atoms with Crippen molar-refractivity contribution in [3.05, 3.63) is 75.9 Å². The van der Waals surface area contributed by atoms with Gasteiger partial charge in [0.25, 0.3) is 5.91 Å². The van der Waals surface area contributed by atoms with Gasteiger partial charge in [0, 0.05) is 42.0 Å². The first-order valence-corrected chi connectivity index (χ1v) is 16.0. The highest BCUT2D eigenvalue weighted by molar-refractivity contribution is 7.86. The molecule has 1 unspecified atom stereocenters. The average molecular weight is 634 g/mol. The molecular weight excluding hydrogens is 599 g/mol. The molecule has 0 spiro atoms. The zero-order valence-corrected chi connectivity index (χ0v) is 26.6. The normalized spacial score (nSPS) is 17.5. The fourth-order valence-corrected chi connectivity index (χ4v) is 6.75. The molecule has 0 radical (unpaired) electrons. The number of benzene rings is 2. The molecule has 3 atom stereocenters. The number of nitrogen functional groups attached to an aromatic ring is 1. The Hall–Kier alpha value is -4.17. The minimum Gasteiger partial charge on any atom is -0.480 e. The maximum atomic E-state index is 13.5. The van der Waals surface area contributed by atoms with E-state index in [0.29, 0.717) is 45.2 Å². The monoisotopic (exact) mass is 633 g/mol. The number of aromatic nitrogens is 2. The minimum atomic E-state index is -1.64. The number of methoxy groups -OCH3 is 1. The topological polar surface area (TPSA) is 156 Å². The lowest BCUT2D eigenvalue weighted by Crippen LogP contribution is -2.44. The van der Waals surface area contributed by atoms with Crippen LogP contribution in [0.4, 0.5) is 17.1 Å². The SMILES string of the molecule is COc1ncc(-c2cc(NC(=O)c3csc(CN4C[C@@H](C)O[C@@H](C)C4)n3)c(C=N)c(NS(=O)c3ccc(C)cc3)c2)cc1N. The molecule has 1 aliphatic rings. The Bertz CT molecular complexity index is 1680. The van der Waals surface area contributed by atoms with Crippen LogP contribution in [0.15, 0.2) is 58.9 Å². The standard InChI is InChI=1S/C31H35N7O4S2/c1-18-5-7-23(8-6-18)44(40)37-27-11-21(22-9-25(33)31(41-4)34-13-22)10-26(24(27)12-32)36-30(39)28-17-43-29(35-28)16-38-14-19(2)42-20(3)15-38/h5-13,17,19-20,32,37H,14-16,33H2,1-4H3,(H,36,39)/t19-,20+,44?. The maximum absolute atomic E-state index is 13.5. The lowest BCUT2D eigenvalue weighted by molar-refractivity contribution is -0.0705. The van der Waals surface area contributed by atoms with Crippen molar-refractivity contribution in [2.24, 2.45) is 0 Å². The fraction of sp³-hybridized carbons (Fsp3) is 0.290. The van der Waals surface area contributed by atoms with E-state index >= 15 is 0 Å². The molecule has 1 saturated heterocycles. The molecule has 0 aliphatic carbocycles. The van der Waals surface area contributed by atoms with Gasteiger partial charge < -0.3 is 30.7 Å². The second-order valence-corrected chi connectivity index (χ2v) is 12.8. The van der Waals surface area contributed by atoms with Crippen molar-refractivity contribution < 1.29 is 18.5 Å². The molecule has 5 N–H and O–H groups in total. The number of thiazole rings is 1. The van der Waals surface area contributed by atoms with E-state index in [1.54, 1.807) is 41.9 Å². The first kappa shape index (κ1) is 31.3. The molecule has 4 aromatic rings. The Balaban J connectivity index is 1.45. The van der Waals surface area contributed by atoms with Gasteiger partial charge in [-0.15, -0.1) is 11.3 Å². The Morgan fingerprint density at radius 3 is 2.55 bits per heavy atom. The van der Waals surface area contributed by atoms with Gasteiger partial charge in [-0.1, -0.05) is 17.7 Å². The number of ether oxygens (including phenoxy) is 2. The van der Waals surface area contributed by atoms with Gasteiger partial charge in [-0.05, 0) is 56.7 Å². The van der Waals surface area contributed by atoms with Crippen molar-refractivity contribution in [2.45, 2.75) is 44.4 Å². The molecular formula is C31H35N7O4S2. The number of carbonyl (C=O) groups excluding carboxylic acids is 1. The maximum Gasteiger partial charge on any atom is 0.275 e. The van der Waals surface area contributed by atoms with Gasteiger partial charge in [0.1, 0.15) is 21.7 Å². The summed E-state index contributed by atoms with van der Waals surface area (Å²) in [5.74, 6) is -0.132. The largest absolute Gasteiger partial charge is 0.480 e. The molecule has 5 rings (SSSR count). The number of hydrogen-bond acceptors (Lipinski definition) is 10. The quantitative estimate of drug-likeness (QED) is 0.176. The van der Waals surface area contributed by atoms with Gasteiger partial charge in [-0.3, -0.25) is 9.69 Å². The number of morpholine rings is 1. The van der Waals surface area contributed by atoms with Crippen LogP contribution >= 0.6 is 11.3 Å². The van der Waals surface area contributed by atoms with Crippen molar-refractivity contribution in [2.75, 3.05) is 36.0 Å². The van der Waals surface area contributed by atoms with E-state index in [1.807, 2.05) is 32.9 Å². The summed E-state index contributed by atoms with van der Waals surface area (Å²) in [6, 6.07) is 12.5. The van der Waals surface area contributed by atoms with Crippen LogP contribution in [0, 0.1) is 12.3 Å². The zero-order valence-electron chi connectivity index (χ0n) is 24.9. The molecule has 230 valence electrons. The second kappa shape index (κ2) is 13.6. The van der Waals surface area contributed by atoms with Crippen molar-refractivity contribution in [3.8, 4) is 17.0 Å². The molecule has 2 aromatic heterocycles. The van der Waals surface area contributed by atoms with Gasteiger partial charge in [-0.2, -0.15) is 0 Å². The third-order valence-corrected chi connectivity index (χ3v) is 8.99. The van der Waals surface area contributed by atoms with Crippen molar-refractivity contribution in [1.29, 1.82) is 5.41 Å². The highest BCUT2D eigenvalue weighted by Gasteiger charge is 2.24.